The Hall–Kier alpha value is -2.21. The molecule has 0 heterocycles. The second-order valence-electron chi connectivity index (χ2n) is 5.15. The monoisotopic (exact) mass is 395 g/mol. The van der Waals surface area contributed by atoms with E-state index in [2.05, 4.69) is 26.0 Å². The minimum atomic E-state index is -2.93. The van der Waals surface area contributed by atoms with Gasteiger partial charge in [0, 0.05) is 21.8 Å². The number of carbonyl (C=O) groups excluding carboxylic acids is 1. The molecule has 0 fully saturated rings. The molecule has 0 saturated carbocycles. The molecule has 2 aromatic rings. The maximum atomic E-state index is 12.4. The Labute approximate surface area is 147 Å². The second-order valence-corrected chi connectivity index (χ2v) is 6.07. The minimum Gasteiger partial charge on any atom is -0.434 e. The Morgan fingerprint density at radius 3 is 2.50 bits per heavy atom. The van der Waals surface area contributed by atoms with Crippen molar-refractivity contribution in [3.8, 4) is 5.75 Å². The molecule has 2 rings (SSSR count). The van der Waals surface area contributed by atoms with E-state index in [4.69, 9.17) is 0 Å². The number of ether oxygens (including phenoxy) is 1. The number of nitrogens with one attached hydrogen (secondary N) is 1. The van der Waals surface area contributed by atoms with Crippen LogP contribution in [0.2, 0.25) is 0 Å². The number of carbonyl (C=O) groups is 1. The van der Waals surface area contributed by atoms with E-state index >= 15 is 0 Å². The summed E-state index contributed by atoms with van der Waals surface area (Å²) in [6.07, 6.45) is 2.72. The Kier molecular flexibility index (Phi) is 6.09. The largest absolute Gasteiger partial charge is 0.434 e. The van der Waals surface area contributed by atoms with Crippen molar-refractivity contribution in [2.45, 2.75) is 20.5 Å². The van der Waals surface area contributed by atoms with Crippen LogP contribution in [0.15, 0.2) is 46.9 Å². The van der Waals surface area contributed by atoms with Crippen molar-refractivity contribution in [2.75, 3.05) is 5.32 Å². The van der Waals surface area contributed by atoms with E-state index in [9.17, 15) is 13.6 Å². The molecular formula is C18H16BrF2NO2. The van der Waals surface area contributed by atoms with E-state index in [-0.39, 0.29) is 11.7 Å². The number of hydrogen-bond acceptors (Lipinski definition) is 2. The smallest absolute Gasteiger partial charge is 0.387 e. The van der Waals surface area contributed by atoms with E-state index in [1.54, 1.807) is 12.1 Å². The molecule has 6 heteroatoms. The first-order valence-electron chi connectivity index (χ1n) is 7.16. The molecule has 0 saturated heterocycles. The molecule has 1 amide bonds. The van der Waals surface area contributed by atoms with E-state index in [0.717, 1.165) is 16.8 Å². The third-order valence-electron chi connectivity index (χ3n) is 3.33. The average molecular weight is 396 g/mol. The first-order chi connectivity index (χ1) is 11.4. The van der Waals surface area contributed by atoms with Gasteiger partial charge in [0.1, 0.15) is 5.75 Å². The zero-order valence-corrected chi connectivity index (χ0v) is 14.7. The number of halogens is 3. The lowest BCUT2D eigenvalue weighted by Crippen LogP contribution is -2.10. The molecule has 0 aliphatic rings. The maximum absolute atomic E-state index is 12.4. The molecule has 0 bridgehead atoms. The van der Waals surface area contributed by atoms with Gasteiger partial charge >= 0.3 is 6.61 Å². The van der Waals surface area contributed by atoms with Gasteiger partial charge in [-0.25, -0.2) is 0 Å². The van der Waals surface area contributed by atoms with Gasteiger partial charge in [-0.2, -0.15) is 8.78 Å². The van der Waals surface area contributed by atoms with Crippen LogP contribution >= 0.6 is 15.9 Å². The van der Waals surface area contributed by atoms with Gasteiger partial charge in [-0.3, -0.25) is 4.79 Å². The number of rotatable bonds is 5. The highest BCUT2D eigenvalue weighted by Gasteiger charge is 2.09. The van der Waals surface area contributed by atoms with Crippen molar-refractivity contribution < 1.29 is 18.3 Å². The number of hydrogen-bond donors (Lipinski definition) is 1. The van der Waals surface area contributed by atoms with Crippen LogP contribution < -0.4 is 10.1 Å². The molecule has 2 aromatic carbocycles. The summed E-state index contributed by atoms with van der Waals surface area (Å²) in [6, 6.07) is 10.3. The summed E-state index contributed by atoms with van der Waals surface area (Å²) in [5, 5.41) is 2.80. The Morgan fingerprint density at radius 2 is 1.88 bits per heavy atom. The zero-order chi connectivity index (χ0) is 17.7. The number of amides is 1. The number of alkyl halides is 2. The minimum absolute atomic E-state index is 0.00400. The van der Waals surface area contributed by atoms with Gasteiger partial charge in [-0.05, 0) is 49.2 Å². The van der Waals surface area contributed by atoms with E-state index < -0.39 is 6.61 Å². The predicted octanol–water partition coefficient (Wildman–Crippen LogP) is 5.32. The van der Waals surface area contributed by atoms with Gasteiger partial charge in [-0.15, -0.1) is 0 Å². The molecule has 0 atom stereocenters. The number of aryl methyl sites for hydroxylation is 2. The van der Waals surface area contributed by atoms with E-state index in [1.807, 2.05) is 32.0 Å². The average Bonchev–Trinajstić information content (AvgIpc) is 2.51. The van der Waals surface area contributed by atoms with Gasteiger partial charge in [0.2, 0.25) is 5.91 Å². The van der Waals surface area contributed by atoms with Gasteiger partial charge in [-0.1, -0.05) is 34.1 Å². The number of para-hydroxylation sites is 1. The fourth-order valence-electron chi connectivity index (χ4n) is 2.19. The SMILES string of the molecule is Cc1cccc(C)c1NC(=O)/C=C/c1cc(Br)ccc1OC(F)F. The van der Waals surface area contributed by atoms with Crippen molar-refractivity contribution in [3.05, 3.63) is 63.6 Å². The lowest BCUT2D eigenvalue weighted by molar-refractivity contribution is -0.111. The third-order valence-corrected chi connectivity index (χ3v) is 3.82. The molecule has 3 nitrogen and oxygen atoms in total. The third kappa shape index (κ3) is 4.89. The van der Waals surface area contributed by atoms with Gasteiger partial charge in [0.05, 0.1) is 0 Å². The van der Waals surface area contributed by atoms with Crippen LogP contribution in [0, 0.1) is 13.8 Å². The van der Waals surface area contributed by atoms with Crippen molar-refractivity contribution in [1.29, 1.82) is 0 Å². The van der Waals surface area contributed by atoms with Crippen molar-refractivity contribution in [3.63, 3.8) is 0 Å². The zero-order valence-electron chi connectivity index (χ0n) is 13.1. The molecular weight excluding hydrogens is 380 g/mol. The summed E-state index contributed by atoms with van der Waals surface area (Å²) in [7, 11) is 0. The Balaban J connectivity index is 2.18. The molecule has 0 radical (unpaired) electrons. The molecule has 0 unspecified atom stereocenters. The van der Waals surface area contributed by atoms with Gasteiger partial charge in [0.15, 0.2) is 0 Å². The Bertz CT molecular complexity index is 755. The fourth-order valence-corrected chi connectivity index (χ4v) is 2.57. The van der Waals surface area contributed by atoms with Gasteiger partial charge < -0.3 is 10.1 Å². The standard InChI is InChI=1S/C18H16BrF2NO2/c1-11-4-3-5-12(2)17(11)22-16(23)9-6-13-10-14(19)7-8-15(13)24-18(20)21/h3-10,18H,1-2H3,(H,22,23)/b9-6+. The molecule has 126 valence electrons. The van der Waals surface area contributed by atoms with Crippen molar-refractivity contribution >= 4 is 33.6 Å². The van der Waals surface area contributed by atoms with Crippen LogP contribution in [0.4, 0.5) is 14.5 Å². The summed E-state index contributed by atoms with van der Waals surface area (Å²) in [4.78, 5) is 12.1. The van der Waals surface area contributed by atoms with Crippen molar-refractivity contribution in [2.24, 2.45) is 0 Å². The van der Waals surface area contributed by atoms with Crippen LogP contribution in [0.5, 0.6) is 5.75 Å². The lowest BCUT2D eigenvalue weighted by Gasteiger charge is -2.10. The molecule has 0 aliphatic heterocycles. The summed E-state index contributed by atoms with van der Waals surface area (Å²) < 4.78 is 30.0. The van der Waals surface area contributed by atoms with Crippen LogP contribution in [0.1, 0.15) is 16.7 Å². The maximum Gasteiger partial charge on any atom is 0.387 e. The lowest BCUT2D eigenvalue weighted by atomic mass is 10.1. The summed E-state index contributed by atoms with van der Waals surface area (Å²) in [5.74, 6) is -0.348. The Morgan fingerprint density at radius 1 is 1.21 bits per heavy atom. The van der Waals surface area contributed by atoms with Crippen LogP contribution in [-0.4, -0.2) is 12.5 Å². The highest BCUT2D eigenvalue weighted by atomic mass is 79.9. The molecule has 1 N–H and O–H groups in total. The molecule has 0 aliphatic carbocycles. The summed E-state index contributed by atoms with van der Waals surface area (Å²) >= 11 is 3.26. The van der Waals surface area contributed by atoms with Crippen molar-refractivity contribution in [1.82, 2.24) is 0 Å². The highest BCUT2D eigenvalue weighted by Crippen LogP contribution is 2.26. The van der Waals surface area contributed by atoms with Crippen LogP contribution in [-0.2, 0) is 4.79 Å². The fraction of sp³-hybridized carbons (Fsp3) is 0.167. The molecule has 0 aromatic heterocycles. The first kappa shape index (κ1) is 18.1. The highest BCUT2D eigenvalue weighted by molar-refractivity contribution is 9.10. The van der Waals surface area contributed by atoms with E-state index in [0.29, 0.717) is 10.0 Å². The van der Waals surface area contributed by atoms with Crippen LogP contribution in [0.25, 0.3) is 6.08 Å². The predicted molar refractivity (Wildman–Crippen MR) is 94.4 cm³/mol. The number of anilines is 1. The quantitative estimate of drug-likeness (QED) is 0.695. The first-order valence-corrected chi connectivity index (χ1v) is 7.96. The second kappa shape index (κ2) is 8.06. The summed E-state index contributed by atoms with van der Waals surface area (Å²) in [6.45, 7) is 0.867. The topological polar surface area (TPSA) is 38.3 Å². The molecule has 0 spiro atoms. The normalized spacial score (nSPS) is 11.1. The number of benzene rings is 2. The van der Waals surface area contributed by atoms with Gasteiger partial charge in [0.25, 0.3) is 0 Å². The molecule has 24 heavy (non-hydrogen) atoms. The van der Waals surface area contributed by atoms with E-state index in [1.165, 1.54) is 18.2 Å². The summed E-state index contributed by atoms with van der Waals surface area (Å²) in [5.41, 5.74) is 3.01. The van der Waals surface area contributed by atoms with Crippen LogP contribution in [0.3, 0.4) is 0 Å².